The van der Waals surface area contributed by atoms with E-state index >= 15 is 0 Å². The van der Waals surface area contributed by atoms with Gasteiger partial charge in [0, 0.05) is 34.3 Å². The first-order valence-electron chi connectivity index (χ1n) is 15.4. The molecule has 9 nitrogen and oxygen atoms in total. The smallest absolute Gasteiger partial charge is 0.419 e. The molecular formula is C35H35N3O6S2. The number of hydrogen-bond acceptors (Lipinski definition) is 8. The number of amides is 1. The van der Waals surface area contributed by atoms with Gasteiger partial charge in [-0.1, -0.05) is 30.7 Å². The number of thiophene rings is 1. The summed E-state index contributed by atoms with van der Waals surface area (Å²) in [6, 6.07) is 20.1. The number of likely N-dealkylation sites (tertiary alicyclic amines) is 1. The molecule has 2 aromatic heterocycles. The van der Waals surface area contributed by atoms with Crippen LogP contribution in [0.5, 0.6) is 5.75 Å². The summed E-state index contributed by atoms with van der Waals surface area (Å²) in [5, 5.41) is 4.47. The molecule has 4 heterocycles. The second kappa shape index (κ2) is 11.6. The molecule has 1 fully saturated rings. The number of carbonyl (C=O) groups is 2. The quantitative estimate of drug-likeness (QED) is 0.191. The third-order valence-electron chi connectivity index (χ3n) is 8.34. The zero-order valence-corrected chi connectivity index (χ0v) is 27.6. The Hall–Kier alpha value is -4.19. The van der Waals surface area contributed by atoms with E-state index in [4.69, 9.17) is 8.92 Å². The summed E-state index contributed by atoms with van der Waals surface area (Å²) in [7, 11) is -4.18. The van der Waals surface area contributed by atoms with Crippen molar-refractivity contribution in [3.05, 3.63) is 83.4 Å². The van der Waals surface area contributed by atoms with Gasteiger partial charge in [-0.05, 0) is 100 Å². The Morgan fingerprint density at radius 1 is 0.957 bits per heavy atom. The number of rotatable bonds is 6. The molecule has 2 aliphatic heterocycles. The van der Waals surface area contributed by atoms with E-state index in [1.54, 1.807) is 39.0 Å². The van der Waals surface area contributed by atoms with Gasteiger partial charge in [0.1, 0.15) is 11.4 Å². The van der Waals surface area contributed by atoms with Crippen LogP contribution in [0.3, 0.4) is 0 Å². The summed E-state index contributed by atoms with van der Waals surface area (Å²) >= 11 is 1.13. The second-order valence-corrected chi connectivity index (χ2v) is 15.7. The van der Waals surface area contributed by atoms with Gasteiger partial charge in [-0.25, -0.2) is 9.36 Å². The predicted octanol–water partition coefficient (Wildman–Crippen LogP) is 7.30. The van der Waals surface area contributed by atoms with Gasteiger partial charge in [0.15, 0.2) is 4.21 Å². The Balaban J connectivity index is 1.31. The second-order valence-electron chi connectivity index (χ2n) is 12.9. The average Bonchev–Trinajstić information content (AvgIpc) is 3.72. The third kappa shape index (κ3) is 5.78. The summed E-state index contributed by atoms with van der Waals surface area (Å²) < 4.78 is 40.7. The van der Waals surface area contributed by atoms with Crippen molar-refractivity contribution in [3.63, 3.8) is 0 Å². The van der Waals surface area contributed by atoms with Crippen LogP contribution in [0.4, 0.5) is 4.79 Å². The number of fused-ring (bicyclic) bond motifs is 3. The molecule has 0 atom stereocenters. The van der Waals surface area contributed by atoms with Gasteiger partial charge in [0.2, 0.25) is 0 Å². The molecule has 3 aromatic carbocycles. The average molecular weight is 658 g/mol. The number of hydrogen-bond donors (Lipinski definition) is 1. The lowest BCUT2D eigenvalue weighted by molar-refractivity contribution is 0.0546. The van der Waals surface area contributed by atoms with Crippen molar-refractivity contribution in [1.29, 1.82) is 0 Å². The Kier molecular flexibility index (Phi) is 7.65. The molecule has 1 saturated heterocycles. The van der Waals surface area contributed by atoms with E-state index in [0.29, 0.717) is 22.3 Å². The first kappa shape index (κ1) is 30.5. The molecule has 0 aliphatic carbocycles. The minimum Gasteiger partial charge on any atom is -0.443 e. The fourth-order valence-electron chi connectivity index (χ4n) is 6.29. The number of piperidine rings is 1. The summed E-state index contributed by atoms with van der Waals surface area (Å²) in [6.07, 6.45) is 3.08. The molecule has 11 heteroatoms. The summed E-state index contributed by atoms with van der Waals surface area (Å²) in [6.45, 7) is 8.46. The van der Waals surface area contributed by atoms with E-state index in [1.807, 2.05) is 42.5 Å². The maximum absolute atomic E-state index is 13.7. The van der Waals surface area contributed by atoms with Gasteiger partial charge >= 0.3 is 16.2 Å². The Morgan fingerprint density at radius 2 is 1.74 bits per heavy atom. The van der Waals surface area contributed by atoms with E-state index in [-0.39, 0.29) is 28.0 Å². The normalized spacial score (nSPS) is 15.7. The first-order chi connectivity index (χ1) is 22.0. The molecule has 0 unspecified atom stereocenters. The van der Waals surface area contributed by atoms with Crippen LogP contribution in [-0.4, -0.2) is 48.6 Å². The number of aromatic nitrogens is 1. The van der Waals surface area contributed by atoms with Gasteiger partial charge in [0.25, 0.3) is 5.91 Å². The summed E-state index contributed by atoms with van der Waals surface area (Å²) in [4.78, 5) is 29.5. The van der Waals surface area contributed by atoms with Crippen LogP contribution in [-0.2, 0) is 27.9 Å². The molecule has 46 heavy (non-hydrogen) atoms. The van der Waals surface area contributed by atoms with Crippen molar-refractivity contribution in [2.24, 2.45) is 0 Å². The van der Waals surface area contributed by atoms with Gasteiger partial charge in [-0.3, -0.25) is 9.69 Å². The molecule has 0 bridgehead atoms. The topological polar surface area (TPSA) is 107 Å². The lowest BCUT2D eigenvalue weighted by Crippen LogP contribution is -2.29. The van der Waals surface area contributed by atoms with Gasteiger partial charge in [-0.15, -0.1) is 11.3 Å². The molecule has 1 amide bonds. The number of nitrogens with one attached hydrogen (secondary N) is 1. The summed E-state index contributed by atoms with van der Waals surface area (Å²) in [5.74, 6) is -0.306. The van der Waals surface area contributed by atoms with Crippen molar-refractivity contribution < 1.29 is 26.9 Å². The largest absolute Gasteiger partial charge is 0.443 e. The van der Waals surface area contributed by atoms with Gasteiger partial charge < -0.3 is 14.2 Å². The van der Waals surface area contributed by atoms with Crippen LogP contribution in [0.1, 0.15) is 61.5 Å². The number of ether oxygens (including phenoxy) is 1. The van der Waals surface area contributed by atoms with Crippen molar-refractivity contribution in [1.82, 2.24) is 14.8 Å². The monoisotopic (exact) mass is 657 g/mol. The van der Waals surface area contributed by atoms with Crippen LogP contribution in [0.15, 0.2) is 70.9 Å². The third-order valence-corrected chi connectivity index (χ3v) is 11.1. The van der Waals surface area contributed by atoms with Crippen LogP contribution in [0.2, 0.25) is 0 Å². The van der Waals surface area contributed by atoms with Crippen molar-refractivity contribution in [3.8, 4) is 17.0 Å². The maximum atomic E-state index is 13.7. The lowest BCUT2D eigenvalue weighted by atomic mass is 9.99. The zero-order valence-electron chi connectivity index (χ0n) is 26.0. The molecule has 0 spiro atoms. The van der Waals surface area contributed by atoms with Crippen LogP contribution < -0.4 is 9.50 Å². The fourth-order valence-corrected chi connectivity index (χ4v) is 8.61. The maximum Gasteiger partial charge on any atom is 0.419 e. The van der Waals surface area contributed by atoms with E-state index in [0.717, 1.165) is 52.0 Å². The molecule has 1 N–H and O–H groups in total. The minimum absolute atomic E-state index is 0.0679. The predicted molar refractivity (Wildman–Crippen MR) is 179 cm³/mol. The SMILES string of the molecule is CC(C)(C)OC(=O)n1c(-c2ccc(OS(=O)(=O)c3cc4ccccc4s3)c3c2C(=O)NC3)cc2cc(CN3CCCCC3)ccc21. The van der Waals surface area contributed by atoms with Gasteiger partial charge in [0.05, 0.1) is 16.8 Å². The highest BCUT2D eigenvalue weighted by Gasteiger charge is 2.32. The molecule has 0 saturated carbocycles. The molecule has 7 rings (SSSR count). The zero-order chi connectivity index (χ0) is 32.2. The first-order valence-corrected chi connectivity index (χ1v) is 17.7. The number of carbonyl (C=O) groups excluding carboxylic acids is 2. The highest BCUT2D eigenvalue weighted by atomic mass is 32.3. The molecule has 0 radical (unpaired) electrons. The molecule has 238 valence electrons. The minimum atomic E-state index is -4.18. The van der Waals surface area contributed by atoms with Crippen LogP contribution in [0.25, 0.3) is 32.2 Å². The van der Waals surface area contributed by atoms with Crippen LogP contribution in [0, 0.1) is 0 Å². The lowest BCUT2D eigenvalue weighted by Gasteiger charge is -2.26. The van der Waals surface area contributed by atoms with Crippen molar-refractivity contribution in [2.45, 2.75) is 62.9 Å². The summed E-state index contributed by atoms with van der Waals surface area (Å²) in [5.41, 5.74) is 2.69. The molecular weight excluding hydrogens is 623 g/mol. The number of benzene rings is 3. The van der Waals surface area contributed by atoms with E-state index in [1.165, 1.54) is 23.8 Å². The van der Waals surface area contributed by atoms with E-state index in [2.05, 4.69) is 16.3 Å². The van der Waals surface area contributed by atoms with Crippen molar-refractivity contribution in [2.75, 3.05) is 13.1 Å². The fraction of sp³-hybridized carbons (Fsp3) is 0.314. The Morgan fingerprint density at radius 3 is 2.50 bits per heavy atom. The van der Waals surface area contributed by atoms with E-state index in [9.17, 15) is 18.0 Å². The van der Waals surface area contributed by atoms with Crippen molar-refractivity contribution >= 4 is 54.4 Å². The highest BCUT2D eigenvalue weighted by Crippen LogP contribution is 2.40. The Bertz CT molecular complexity index is 2080. The Labute approximate surface area is 271 Å². The standard InChI is InChI=1S/C35H35N3O6S2/c1-35(2,3)43-34(40)38-27-13-11-22(21-37-15-7-4-8-16-37)17-24(27)18-28(38)25-12-14-29(26-20-36-33(39)32(25)26)44-46(41,42)31-19-23-9-5-6-10-30(23)45-31/h5-6,9-14,17-19H,4,7-8,15-16,20-21H2,1-3H3,(H,36,39). The highest BCUT2D eigenvalue weighted by molar-refractivity contribution is 7.89. The van der Waals surface area contributed by atoms with Gasteiger partial charge in [-0.2, -0.15) is 8.42 Å². The number of nitrogens with zero attached hydrogens (tertiary/aromatic N) is 2. The van der Waals surface area contributed by atoms with E-state index < -0.39 is 21.8 Å². The molecule has 5 aromatic rings. The molecule has 2 aliphatic rings. The van der Waals surface area contributed by atoms with Crippen LogP contribution >= 0.6 is 11.3 Å².